The lowest BCUT2D eigenvalue weighted by molar-refractivity contribution is 0.0949. The highest BCUT2D eigenvalue weighted by molar-refractivity contribution is 5.95. The molecule has 6 heteroatoms. The molecule has 2 N–H and O–H groups in total. The topological polar surface area (TPSA) is 83.8 Å². The lowest BCUT2D eigenvalue weighted by atomic mass is 9.89. The van der Waals surface area contributed by atoms with Gasteiger partial charge in [0, 0.05) is 23.4 Å². The summed E-state index contributed by atoms with van der Waals surface area (Å²) < 4.78 is 5.18. The van der Waals surface area contributed by atoms with E-state index in [0.29, 0.717) is 12.1 Å². The van der Waals surface area contributed by atoms with E-state index in [9.17, 15) is 4.79 Å². The first-order valence-corrected chi connectivity index (χ1v) is 7.46. The number of aryl methyl sites for hydroxylation is 2. The molecule has 0 aromatic carbocycles. The Labute approximate surface area is 130 Å². The monoisotopic (exact) mass is 304 g/mol. The number of carbonyl (C=O) groups excluding carboxylic acids is 1. The lowest BCUT2D eigenvalue weighted by Gasteiger charge is -2.18. The number of nitrogens with one attached hydrogen (secondary N) is 2. The van der Waals surface area contributed by atoms with Crippen LogP contribution in [-0.2, 0) is 5.41 Å². The van der Waals surface area contributed by atoms with E-state index < -0.39 is 0 Å². The van der Waals surface area contributed by atoms with E-state index in [1.165, 1.54) is 0 Å². The maximum atomic E-state index is 12.4. The van der Waals surface area contributed by atoms with E-state index in [-0.39, 0.29) is 17.2 Å². The number of nitrogens with zero attached hydrogens (tertiary/aromatic N) is 2. The van der Waals surface area contributed by atoms with Crippen LogP contribution < -0.4 is 5.32 Å². The van der Waals surface area contributed by atoms with Gasteiger partial charge in [0.25, 0.3) is 5.91 Å². The molecule has 1 amide bonds. The minimum absolute atomic E-state index is 0.114. The number of H-pyrrole nitrogens is 1. The van der Waals surface area contributed by atoms with Crippen molar-refractivity contribution in [2.75, 3.05) is 6.54 Å². The maximum Gasteiger partial charge on any atom is 0.254 e. The fraction of sp³-hybridized carbons (Fsp3) is 0.562. The molecule has 2 aromatic heterocycles. The van der Waals surface area contributed by atoms with E-state index in [1.807, 2.05) is 41.5 Å². The zero-order valence-electron chi connectivity index (χ0n) is 14.1. The Morgan fingerprint density at radius 3 is 2.64 bits per heavy atom. The summed E-state index contributed by atoms with van der Waals surface area (Å²) in [5.74, 6) is 0.829. The number of hydrogen-bond donors (Lipinski definition) is 2. The van der Waals surface area contributed by atoms with Crippen LogP contribution in [0.3, 0.4) is 0 Å². The predicted molar refractivity (Wildman–Crippen MR) is 84.0 cm³/mol. The quantitative estimate of drug-likeness (QED) is 0.909. The van der Waals surface area contributed by atoms with Crippen LogP contribution in [0.1, 0.15) is 66.7 Å². The normalized spacial score (nSPS) is 13.2. The molecule has 120 valence electrons. The molecule has 1 atom stereocenters. The van der Waals surface area contributed by atoms with Crippen molar-refractivity contribution in [1.82, 2.24) is 20.7 Å². The number of carbonyl (C=O) groups is 1. The molecule has 0 aliphatic heterocycles. The van der Waals surface area contributed by atoms with Crippen LogP contribution in [0.2, 0.25) is 0 Å². The Morgan fingerprint density at radius 1 is 1.41 bits per heavy atom. The summed E-state index contributed by atoms with van der Waals surface area (Å²) in [6.45, 7) is 12.5. The number of amides is 1. The van der Waals surface area contributed by atoms with Gasteiger partial charge < -0.3 is 9.84 Å². The van der Waals surface area contributed by atoms with Crippen LogP contribution in [0.4, 0.5) is 0 Å². The Morgan fingerprint density at radius 2 is 2.09 bits per heavy atom. The number of hydrogen-bond acceptors (Lipinski definition) is 4. The third-order valence-corrected chi connectivity index (χ3v) is 3.78. The van der Waals surface area contributed by atoms with Crippen LogP contribution in [0.25, 0.3) is 0 Å². The average Bonchev–Trinajstić information content (AvgIpc) is 3.02. The molecule has 2 aromatic rings. The summed E-state index contributed by atoms with van der Waals surface area (Å²) in [5.41, 5.74) is 3.21. The van der Waals surface area contributed by atoms with Gasteiger partial charge in [-0.2, -0.15) is 5.10 Å². The lowest BCUT2D eigenvalue weighted by Crippen LogP contribution is -2.29. The SMILES string of the molecule is Cc1noc(C)c1C(C)CNC(=O)c1cn[nH]c1C(C)(C)C. The molecule has 0 aliphatic rings. The molecule has 0 saturated heterocycles. The molecule has 1 unspecified atom stereocenters. The van der Waals surface area contributed by atoms with Crippen molar-refractivity contribution >= 4 is 5.91 Å². The second-order valence-electron chi connectivity index (χ2n) is 6.76. The molecular weight excluding hydrogens is 280 g/mol. The van der Waals surface area contributed by atoms with Gasteiger partial charge in [-0.25, -0.2) is 0 Å². The Bertz CT molecular complexity index is 644. The first-order valence-electron chi connectivity index (χ1n) is 7.46. The minimum Gasteiger partial charge on any atom is -0.361 e. The first-order chi connectivity index (χ1) is 10.2. The molecular formula is C16H24N4O2. The van der Waals surface area contributed by atoms with Crippen LogP contribution in [-0.4, -0.2) is 27.8 Å². The van der Waals surface area contributed by atoms with Gasteiger partial charge >= 0.3 is 0 Å². The van der Waals surface area contributed by atoms with Crippen LogP contribution in [0.5, 0.6) is 0 Å². The second-order valence-corrected chi connectivity index (χ2v) is 6.76. The van der Waals surface area contributed by atoms with Crippen molar-refractivity contribution in [3.8, 4) is 0 Å². The molecule has 0 bridgehead atoms. The summed E-state index contributed by atoms with van der Waals surface area (Å²) >= 11 is 0. The molecule has 0 aliphatic carbocycles. The zero-order chi connectivity index (χ0) is 16.5. The summed E-state index contributed by atoms with van der Waals surface area (Å²) in [6.07, 6.45) is 1.58. The predicted octanol–water partition coefficient (Wildman–Crippen LogP) is 2.85. The van der Waals surface area contributed by atoms with Crippen molar-refractivity contribution in [3.05, 3.63) is 34.5 Å². The second kappa shape index (κ2) is 5.94. The molecule has 0 saturated carbocycles. The smallest absolute Gasteiger partial charge is 0.254 e. The van der Waals surface area contributed by atoms with Gasteiger partial charge in [0.15, 0.2) is 0 Å². The Hall–Kier alpha value is -2.11. The largest absolute Gasteiger partial charge is 0.361 e. The van der Waals surface area contributed by atoms with Crippen molar-refractivity contribution in [2.24, 2.45) is 0 Å². The van der Waals surface area contributed by atoms with Gasteiger partial charge in [-0.05, 0) is 13.8 Å². The van der Waals surface area contributed by atoms with Crippen LogP contribution >= 0.6 is 0 Å². The van der Waals surface area contributed by atoms with Crippen molar-refractivity contribution in [2.45, 2.75) is 52.9 Å². The van der Waals surface area contributed by atoms with Gasteiger partial charge in [-0.1, -0.05) is 32.9 Å². The van der Waals surface area contributed by atoms with Crippen LogP contribution in [0.15, 0.2) is 10.7 Å². The molecule has 0 spiro atoms. The Balaban J connectivity index is 2.07. The number of aromatic amines is 1. The molecule has 22 heavy (non-hydrogen) atoms. The fourth-order valence-electron chi connectivity index (χ4n) is 2.67. The highest BCUT2D eigenvalue weighted by Crippen LogP contribution is 2.24. The van der Waals surface area contributed by atoms with E-state index in [1.54, 1.807) is 6.20 Å². The number of rotatable bonds is 4. The van der Waals surface area contributed by atoms with E-state index in [4.69, 9.17) is 4.52 Å². The summed E-state index contributed by atoms with van der Waals surface area (Å²) in [4.78, 5) is 12.4. The zero-order valence-corrected chi connectivity index (χ0v) is 14.1. The van der Waals surface area contributed by atoms with Gasteiger partial charge in [0.2, 0.25) is 0 Å². The minimum atomic E-state index is -0.156. The summed E-state index contributed by atoms with van der Waals surface area (Å²) in [5, 5.41) is 13.9. The average molecular weight is 304 g/mol. The van der Waals surface area contributed by atoms with Gasteiger partial charge in [-0.15, -0.1) is 0 Å². The highest BCUT2D eigenvalue weighted by Gasteiger charge is 2.24. The van der Waals surface area contributed by atoms with Gasteiger partial charge in [0.05, 0.1) is 23.1 Å². The first kappa shape index (κ1) is 16.3. The van der Waals surface area contributed by atoms with Crippen molar-refractivity contribution < 1.29 is 9.32 Å². The van der Waals surface area contributed by atoms with E-state index in [0.717, 1.165) is 22.7 Å². The highest BCUT2D eigenvalue weighted by atomic mass is 16.5. The van der Waals surface area contributed by atoms with Crippen molar-refractivity contribution in [3.63, 3.8) is 0 Å². The fourth-order valence-corrected chi connectivity index (χ4v) is 2.67. The molecule has 0 fully saturated rings. The summed E-state index contributed by atoms with van der Waals surface area (Å²) in [7, 11) is 0. The van der Waals surface area contributed by atoms with Gasteiger partial charge in [0.1, 0.15) is 5.76 Å². The molecule has 6 nitrogen and oxygen atoms in total. The standard InChI is InChI=1S/C16H24N4O2/c1-9(13-10(2)20-22-11(13)3)7-17-15(21)12-8-18-19-14(12)16(4,5)6/h8-9H,7H2,1-6H3,(H,17,21)(H,18,19). The molecule has 2 heterocycles. The third-order valence-electron chi connectivity index (χ3n) is 3.78. The maximum absolute atomic E-state index is 12.4. The van der Waals surface area contributed by atoms with Crippen LogP contribution in [0, 0.1) is 13.8 Å². The Kier molecular flexibility index (Phi) is 4.39. The van der Waals surface area contributed by atoms with E-state index >= 15 is 0 Å². The molecule has 0 radical (unpaired) electrons. The molecule has 2 rings (SSSR count). The van der Waals surface area contributed by atoms with E-state index in [2.05, 4.69) is 20.7 Å². The van der Waals surface area contributed by atoms with Gasteiger partial charge in [-0.3, -0.25) is 9.89 Å². The summed E-state index contributed by atoms with van der Waals surface area (Å²) in [6, 6.07) is 0. The third kappa shape index (κ3) is 3.21. The van der Waals surface area contributed by atoms with Crippen molar-refractivity contribution in [1.29, 1.82) is 0 Å². The number of aromatic nitrogens is 3.